The van der Waals surface area contributed by atoms with Crippen molar-refractivity contribution in [3.05, 3.63) is 0 Å². The van der Waals surface area contributed by atoms with Gasteiger partial charge in [0.15, 0.2) is 0 Å². The average Bonchev–Trinajstić information content (AvgIpc) is 2.57. The monoisotopic (exact) mass is 217 g/mol. The van der Waals surface area contributed by atoms with E-state index in [4.69, 9.17) is 0 Å². The molecule has 1 heterocycles. The Kier molecular flexibility index (Phi) is 2.39. The molecule has 0 aromatic rings. The van der Waals surface area contributed by atoms with E-state index >= 15 is 0 Å². The third-order valence-corrected chi connectivity index (χ3v) is 5.03. The van der Waals surface area contributed by atoms with Crippen LogP contribution in [0.1, 0.15) is 25.7 Å². The smallest absolute Gasteiger partial charge is 0.253 e. The second-order valence-electron chi connectivity index (χ2n) is 4.27. The number of carbonyl (C=O) groups is 1. The van der Waals surface area contributed by atoms with Crippen LogP contribution in [0.25, 0.3) is 0 Å². The van der Waals surface area contributed by atoms with E-state index in [9.17, 15) is 13.2 Å². The van der Waals surface area contributed by atoms with Crippen LogP contribution in [0, 0.1) is 5.41 Å². The van der Waals surface area contributed by atoms with Crippen LogP contribution in [0.4, 0.5) is 0 Å². The summed E-state index contributed by atoms with van der Waals surface area (Å²) in [5.74, 6) is -0.0341. The third-order valence-electron chi connectivity index (χ3n) is 3.29. The van der Waals surface area contributed by atoms with Crippen LogP contribution in [0.15, 0.2) is 0 Å². The Bertz CT molecular complexity index is 341. The van der Waals surface area contributed by atoms with Crippen LogP contribution in [0.3, 0.4) is 0 Å². The molecule has 0 unspecified atom stereocenters. The lowest BCUT2D eigenvalue weighted by Crippen LogP contribution is -2.38. The molecule has 2 rings (SSSR count). The maximum atomic E-state index is 11.9. The lowest BCUT2D eigenvalue weighted by Gasteiger charge is -2.23. The zero-order valence-corrected chi connectivity index (χ0v) is 8.90. The van der Waals surface area contributed by atoms with Gasteiger partial charge < -0.3 is 5.32 Å². The highest BCUT2D eigenvalue weighted by molar-refractivity contribution is 8.06. The minimum absolute atomic E-state index is 0.0341. The number of rotatable bonds is 0. The molecule has 1 aliphatic carbocycles. The van der Waals surface area contributed by atoms with Gasteiger partial charge in [0.25, 0.3) is 5.12 Å². The van der Waals surface area contributed by atoms with Gasteiger partial charge in [-0.05, 0) is 12.8 Å². The van der Waals surface area contributed by atoms with E-state index < -0.39 is 20.4 Å². The van der Waals surface area contributed by atoms with E-state index in [0.29, 0.717) is 13.1 Å². The van der Waals surface area contributed by atoms with Gasteiger partial charge in [0, 0.05) is 13.1 Å². The normalized spacial score (nSPS) is 30.4. The van der Waals surface area contributed by atoms with Crippen molar-refractivity contribution in [3.8, 4) is 0 Å². The average molecular weight is 217 g/mol. The Hall–Kier alpha value is -0.420. The van der Waals surface area contributed by atoms with E-state index in [2.05, 4.69) is 5.32 Å². The van der Waals surface area contributed by atoms with Gasteiger partial charge in [-0.3, -0.25) is 4.79 Å². The Balaban J connectivity index is 2.37. The molecular weight excluding hydrogens is 202 g/mol. The molecular formula is C9H15NO3S. The predicted octanol–water partition coefficient (Wildman–Crippen LogP) is 0.0914. The van der Waals surface area contributed by atoms with Crippen molar-refractivity contribution in [2.75, 3.05) is 18.8 Å². The summed E-state index contributed by atoms with van der Waals surface area (Å²) >= 11 is 0. The minimum atomic E-state index is -3.49. The van der Waals surface area contributed by atoms with Crippen LogP contribution < -0.4 is 5.32 Å². The molecule has 0 radical (unpaired) electrons. The fourth-order valence-corrected chi connectivity index (χ4v) is 4.00. The van der Waals surface area contributed by atoms with Crippen molar-refractivity contribution in [3.63, 3.8) is 0 Å². The van der Waals surface area contributed by atoms with E-state index in [1.807, 2.05) is 0 Å². The highest BCUT2D eigenvalue weighted by Gasteiger charge is 2.47. The highest BCUT2D eigenvalue weighted by Crippen LogP contribution is 2.40. The first-order valence-corrected chi connectivity index (χ1v) is 6.70. The number of sulfone groups is 1. The highest BCUT2D eigenvalue weighted by atomic mass is 32.2. The summed E-state index contributed by atoms with van der Waals surface area (Å²) < 4.78 is 23.1. The SMILES string of the molecule is O=C1C2(CCCC2)CNCCS1(=O)=O. The molecule has 1 aliphatic heterocycles. The van der Waals surface area contributed by atoms with Crippen LogP contribution in [0.2, 0.25) is 0 Å². The summed E-state index contributed by atoms with van der Waals surface area (Å²) in [7, 11) is -3.49. The van der Waals surface area contributed by atoms with E-state index in [1.165, 1.54) is 0 Å². The maximum Gasteiger partial charge on any atom is 0.253 e. The van der Waals surface area contributed by atoms with Gasteiger partial charge in [0.1, 0.15) is 0 Å². The molecule has 2 fully saturated rings. The fourth-order valence-electron chi connectivity index (χ4n) is 2.46. The van der Waals surface area contributed by atoms with Gasteiger partial charge in [-0.25, -0.2) is 8.42 Å². The second kappa shape index (κ2) is 3.31. The summed E-state index contributed by atoms with van der Waals surface area (Å²) in [6, 6.07) is 0. The summed E-state index contributed by atoms with van der Waals surface area (Å²) in [5, 5.41) is 2.56. The number of carbonyl (C=O) groups excluding carboxylic acids is 1. The van der Waals surface area contributed by atoms with Gasteiger partial charge in [-0.15, -0.1) is 0 Å². The molecule has 0 amide bonds. The Morgan fingerprint density at radius 3 is 2.50 bits per heavy atom. The van der Waals surface area contributed by atoms with Crippen molar-refractivity contribution < 1.29 is 13.2 Å². The van der Waals surface area contributed by atoms with Crippen LogP contribution in [-0.4, -0.2) is 32.4 Å². The number of hydrogen-bond donors (Lipinski definition) is 1. The zero-order chi connectivity index (χ0) is 10.2. The van der Waals surface area contributed by atoms with E-state index in [-0.39, 0.29) is 5.75 Å². The molecule has 0 aromatic carbocycles. The zero-order valence-electron chi connectivity index (χ0n) is 8.08. The summed E-state index contributed by atoms with van der Waals surface area (Å²) in [6.07, 6.45) is 3.42. The maximum absolute atomic E-state index is 11.9. The molecule has 5 heteroatoms. The van der Waals surface area contributed by atoms with E-state index in [1.54, 1.807) is 0 Å². The fraction of sp³-hybridized carbons (Fsp3) is 0.889. The molecule has 1 N–H and O–H groups in total. The summed E-state index contributed by atoms with van der Waals surface area (Å²) in [4.78, 5) is 11.9. The lowest BCUT2D eigenvalue weighted by atomic mass is 9.88. The van der Waals surface area contributed by atoms with Crippen molar-refractivity contribution >= 4 is 15.0 Å². The first-order valence-electron chi connectivity index (χ1n) is 5.05. The molecule has 2 aliphatic rings. The minimum Gasteiger partial charge on any atom is -0.315 e. The van der Waals surface area contributed by atoms with Gasteiger partial charge >= 0.3 is 0 Å². The molecule has 0 atom stereocenters. The summed E-state index contributed by atoms with van der Waals surface area (Å²) in [5.41, 5.74) is -0.588. The standard InChI is InChI=1S/C9H15NO3S/c11-8-9(3-1-2-4-9)7-10-5-6-14(8,12)13/h10H,1-7H2. The first-order chi connectivity index (χ1) is 6.57. The lowest BCUT2D eigenvalue weighted by molar-refractivity contribution is -0.120. The largest absolute Gasteiger partial charge is 0.315 e. The topological polar surface area (TPSA) is 63.2 Å². The van der Waals surface area contributed by atoms with Gasteiger partial charge in [0.2, 0.25) is 9.84 Å². The molecule has 0 aromatic heterocycles. The van der Waals surface area contributed by atoms with Crippen molar-refractivity contribution in [1.82, 2.24) is 5.32 Å². The molecule has 0 bridgehead atoms. The van der Waals surface area contributed by atoms with Crippen LogP contribution >= 0.6 is 0 Å². The number of hydrogen-bond acceptors (Lipinski definition) is 4. The quantitative estimate of drug-likeness (QED) is 0.624. The van der Waals surface area contributed by atoms with Crippen molar-refractivity contribution in [1.29, 1.82) is 0 Å². The molecule has 1 saturated heterocycles. The second-order valence-corrected chi connectivity index (χ2v) is 6.28. The van der Waals surface area contributed by atoms with Crippen LogP contribution in [-0.2, 0) is 14.6 Å². The molecule has 4 nitrogen and oxygen atoms in total. The molecule has 1 spiro atoms. The van der Waals surface area contributed by atoms with Crippen LogP contribution in [0.5, 0.6) is 0 Å². The van der Waals surface area contributed by atoms with E-state index in [0.717, 1.165) is 25.7 Å². The van der Waals surface area contributed by atoms with Crippen molar-refractivity contribution in [2.45, 2.75) is 25.7 Å². The first kappa shape index (κ1) is 10.1. The molecule has 80 valence electrons. The Morgan fingerprint density at radius 1 is 1.21 bits per heavy atom. The number of nitrogens with one attached hydrogen (secondary N) is 1. The Morgan fingerprint density at radius 2 is 1.86 bits per heavy atom. The van der Waals surface area contributed by atoms with Crippen molar-refractivity contribution in [2.24, 2.45) is 5.41 Å². The van der Waals surface area contributed by atoms with Gasteiger partial charge in [0.05, 0.1) is 11.2 Å². The molecule has 14 heavy (non-hydrogen) atoms. The third kappa shape index (κ3) is 1.48. The predicted molar refractivity (Wildman–Crippen MR) is 52.6 cm³/mol. The van der Waals surface area contributed by atoms with Gasteiger partial charge in [-0.1, -0.05) is 12.8 Å². The van der Waals surface area contributed by atoms with Gasteiger partial charge in [-0.2, -0.15) is 0 Å². The molecule has 1 saturated carbocycles. The summed E-state index contributed by atoms with van der Waals surface area (Å²) in [6.45, 7) is 0.959. The Labute approximate surface area is 84.0 Å².